The van der Waals surface area contributed by atoms with E-state index in [2.05, 4.69) is 4.90 Å². The number of benzene rings is 2. The van der Waals surface area contributed by atoms with E-state index in [1.165, 1.54) is 12.1 Å². The van der Waals surface area contributed by atoms with Gasteiger partial charge in [0.2, 0.25) is 0 Å². The van der Waals surface area contributed by atoms with Gasteiger partial charge in [0.25, 0.3) is 5.91 Å². The number of piperazine rings is 1. The summed E-state index contributed by atoms with van der Waals surface area (Å²) >= 11 is 0. The molecule has 0 N–H and O–H groups in total. The van der Waals surface area contributed by atoms with Crippen molar-refractivity contribution in [3.8, 4) is 5.75 Å². The Morgan fingerprint density at radius 1 is 1.00 bits per heavy atom. The molecular formula is C20H24N2O4S. The zero-order valence-electron chi connectivity index (χ0n) is 15.4. The number of hydrogen-bond acceptors (Lipinski definition) is 5. The molecular weight excluding hydrogens is 364 g/mol. The molecule has 0 aliphatic carbocycles. The van der Waals surface area contributed by atoms with E-state index in [-0.39, 0.29) is 10.8 Å². The first kappa shape index (κ1) is 19.4. The fourth-order valence-electron chi connectivity index (χ4n) is 3.03. The molecule has 1 aliphatic heterocycles. The molecule has 3 rings (SSSR count). The highest BCUT2D eigenvalue weighted by Crippen LogP contribution is 2.15. The smallest absolute Gasteiger partial charge is 0.253 e. The van der Waals surface area contributed by atoms with Gasteiger partial charge in [-0.2, -0.15) is 0 Å². The number of nitrogens with zero attached hydrogens (tertiary/aromatic N) is 2. The van der Waals surface area contributed by atoms with Gasteiger partial charge in [-0.3, -0.25) is 9.69 Å². The molecule has 0 spiro atoms. The van der Waals surface area contributed by atoms with Crippen molar-refractivity contribution in [2.75, 3.05) is 45.6 Å². The van der Waals surface area contributed by atoms with Crippen LogP contribution < -0.4 is 4.74 Å². The number of para-hydroxylation sites is 1. The van der Waals surface area contributed by atoms with E-state index in [0.717, 1.165) is 31.6 Å². The molecule has 1 aliphatic rings. The van der Waals surface area contributed by atoms with Gasteiger partial charge in [0.1, 0.15) is 12.4 Å². The molecule has 0 atom stereocenters. The first-order valence-electron chi connectivity index (χ1n) is 8.93. The molecule has 0 aromatic heterocycles. The second kappa shape index (κ2) is 8.54. The minimum absolute atomic E-state index is 0.124. The molecule has 2 aromatic carbocycles. The molecule has 6 nitrogen and oxygen atoms in total. The Balaban J connectivity index is 1.49. The predicted octanol–water partition coefficient (Wildman–Crippen LogP) is 1.93. The maximum absolute atomic E-state index is 12.7. The van der Waals surface area contributed by atoms with Crippen molar-refractivity contribution in [3.05, 3.63) is 60.2 Å². The third kappa shape index (κ3) is 5.30. The minimum atomic E-state index is -3.32. The molecule has 144 valence electrons. The highest BCUT2D eigenvalue weighted by atomic mass is 32.2. The molecule has 0 bridgehead atoms. The third-order valence-electron chi connectivity index (χ3n) is 4.59. The van der Waals surface area contributed by atoms with Gasteiger partial charge in [-0.05, 0) is 30.3 Å². The summed E-state index contributed by atoms with van der Waals surface area (Å²) in [6.07, 6.45) is 1.15. The number of hydrogen-bond donors (Lipinski definition) is 0. The van der Waals surface area contributed by atoms with Gasteiger partial charge >= 0.3 is 0 Å². The van der Waals surface area contributed by atoms with Gasteiger partial charge < -0.3 is 9.64 Å². The summed E-state index contributed by atoms with van der Waals surface area (Å²) in [6, 6.07) is 15.9. The molecule has 27 heavy (non-hydrogen) atoms. The largest absolute Gasteiger partial charge is 0.492 e. The average Bonchev–Trinajstić information content (AvgIpc) is 2.68. The fourth-order valence-corrected chi connectivity index (χ4v) is 3.69. The maximum Gasteiger partial charge on any atom is 0.253 e. The molecule has 2 aromatic rings. The molecule has 1 saturated heterocycles. The molecule has 0 radical (unpaired) electrons. The summed E-state index contributed by atoms with van der Waals surface area (Å²) in [5.41, 5.74) is 0.416. The normalized spacial score (nSPS) is 15.5. The van der Waals surface area contributed by atoms with Gasteiger partial charge in [0.05, 0.1) is 4.90 Å². The lowest BCUT2D eigenvalue weighted by molar-refractivity contribution is 0.0620. The van der Waals surface area contributed by atoms with Crippen LogP contribution in [0.25, 0.3) is 0 Å². The van der Waals surface area contributed by atoms with Crippen LogP contribution in [0.3, 0.4) is 0 Å². The average molecular weight is 388 g/mol. The van der Waals surface area contributed by atoms with Crippen LogP contribution in [0, 0.1) is 0 Å². The van der Waals surface area contributed by atoms with E-state index in [4.69, 9.17) is 4.74 Å². The number of sulfone groups is 1. The monoisotopic (exact) mass is 388 g/mol. The lowest BCUT2D eigenvalue weighted by Crippen LogP contribution is -2.49. The predicted molar refractivity (Wildman–Crippen MR) is 104 cm³/mol. The summed E-state index contributed by atoms with van der Waals surface area (Å²) in [5, 5.41) is 0. The van der Waals surface area contributed by atoms with Crippen LogP contribution in [0.5, 0.6) is 5.75 Å². The molecule has 7 heteroatoms. The zero-order chi connectivity index (χ0) is 19.3. The number of ether oxygens (including phenoxy) is 1. The van der Waals surface area contributed by atoms with Crippen molar-refractivity contribution in [3.63, 3.8) is 0 Å². The number of carbonyl (C=O) groups is 1. The lowest BCUT2D eigenvalue weighted by Gasteiger charge is -2.34. The minimum Gasteiger partial charge on any atom is -0.492 e. The first-order valence-corrected chi connectivity index (χ1v) is 10.8. The Bertz CT molecular complexity index is 876. The topological polar surface area (TPSA) is 66.9 Å². The molecule has 1 amide bonds. The van der Waals surface area contributed by atoms with E-state index in [9.17, 15) is 13.2 Å². The van der Waals surface area contributed by atoms with Gasteiger partial charge in [-0.25, -0.2) is 8.42 Å². The van der Waals surface area contributed by atoms with Crippen LogP contribution in [-0.4, -0.2) is 69.7 Å². The van der Waals surface area contributed by atoms with Gasteiger partial charge in [-0.15, -0.1) is 0 Å². The zero-order valence-corrected chi connectivity index (χ0v) is 16.2. The van der Waals surface area contributed by atoms with E-state index in [1.54, 1.807) is 17.0 Å². The molecule has 1 fully saturated rings. The SMILES string of the molecule is CS(=O)(=O)c1cccc(C(=O)N2CCN(CCOc3ccccc3)CC2)c1. The Labute approximate surface area is 160 Å². The van der Waals surface area contributed by atoms with Crippen LogP contribution in [0.15, 0.2) is 59.5 Å². The molecule has 1 heterocycles. The summed E-state index contributed by atoms with van der Waals surface area (Å²) in [4.78, 5) is 16.9. The van der Waals surface area contributed by atoms with E-state index in [1.807, 2.05) is 30.3 Å². The highest BCUT2D eigenvalue weighted by Gasteiger charge is 2.22. The Hall–Kier alpha value is -2.38. The summed E-state index contributed by atoms with van der Waals surface area (Å²) in [5.74, 6) is 0.734. The first-order chi connectivity index (χ1) is 12.9. The molecule has 0 saturated carbocycles. The Morgan fingerprint density at radius 3 is 2.37 bits per heavy atom. The van der Waals surface area contributed by atoms with Crippen LogP contribution in [0.2, 0.25) is 0 Å². The Morgan fingerprint density at radius 2 is 1.70 bits per heavy atom. The van der Waals surface area contributed by atoms with Crippen molar-refractivity contribution >= 4 is 15.7 Å². The van der Waals surface area contributed by atoms with Crippen molar-refractivity contribution in [2.45, 2.75) is 4.90 Å². The second-order valence-corrected chi connectivity index (χ2v) is 8.61. The summed E-state index contributed by atoms with van der Waals surface area (Å²) in [6.45, 7) is 4.20. The van der Waals surface area contributed by atoms with E-state index >= 15 is 0 Å². The van der Waals surface area contributed by atoms with Crippen molar-refractivity contribution in [2.24, 2.45) is 0 Å². The van der Waals surface area contributed by atoms with Crippen molar-refractivity contribution < 1.29 is 17.9 Å². The maximum atomic E-state index is 12.7. The highest BCUT2D eigenvalue weighted by molar-refractivity contribution is 7.90. The standard InChI is InChI=1S/C20H24N2O4S/c1-27(24,25)19-9-5-6-17(16-19)20(23)22-12-10-21(11-13-22)14-15-26-18-7-3-2-4-8-18/h2-9,16H,10-15H2,1H3. The summed E-state index contributed by atoms with van der Waals surface area (Å²) in [7, 11) is -3.32. The van der Waals surface area contributed by atoms with E-state index < -0.39 is 9.84 Å². The lowest BCUT2D eigenvalue weighted by atomic mass is 10.2. The van der Waals surface area contributed by atoms with Crippen molar-refractivity contribution in [1.82, 2.24) is 9.80 Å². The third-order valence-corrected chi connectivity index (χ3v) is 5.70. The van der Waals surface area contributed by atoms with Gasteiger partial charge in [0.15, 0.2) is 9.84 Å². The van der Waals surface area contributed by atoms with E-state index in [0.29, 0.717) is 25.3 Å². The van der Waals surface area contributed by atoms with Crippen LogP contribution in [-0.2, 0) is 9.84 Å². The summed E-state index contributed by atoms with van der Waals surface area (Å²) < 4.78 is 29.1. The fraction of sp³-hybridized carbons (Fsp3) is 0.350. The van der Waals surface area contributed by atoms with Crippen molar-refractivity contribution in [1.29, 1.82) is 0 Å². The second-order valence-electron chi connectivity index (χ2n) is 6.60. The van der Waals surface area contributed by atoms with Gasteiger partial charge in [0, 0.05) is 44.5 Å². The van der Waals surface area contributed by atoms with Gasteiger partial charge in [-0.1, -0.05) is 24.3 Å². The quantitative estimate of drug-likeness (QED) is 0.756. The van der Waals surface area contributed by atoms with Crippen LogP contribution in [0.1, 0.15) is 10.4 Å². The number of carbonyl (C=O) groups excluding carboxylic acids is 1. The van der Waals surface area contributed by atoms with Crippen LogP contribution in [0.4, 0.5) is 0 Å². The van der Waals surface area contributed by atoms with Crippen LogP contribution >= 0.6 is 0 Å². The number of amides is 1. The molecule has 0 unspecified atom stereocenters. The Kier molecular flexibility index (Phi) is 6.13. The number of rotatable bonds is 6.